The van der Waals surface area contributed by atoms with Crippen molar-refractivity contribution in [2.75, 3.05) is 65.7 Å². The van der Waals surface area contributed by atoms with Crippen LogP contribution in [0.15, 0.2) is 78.2 Å². The van der Waals surface area contributed by atoms with Gasteiger partial charge < -0.3 is 24.2 Å². The van der Waals surface area contributed by atoms with E-state index in [-0.39, 0.29) is 48.2 Å². The van der Waals surface area contributed by atoms with Gasteiger partial charge in [-0.15, -0.1) is 0 Å². The quantitative estimate of drug-likeness (QED) is 0.263. The third-order valence-electron chi connectivity index (χ3n) is 9.65. The molecule has 16 heteroatoms. The highest BCUT2D eigenvalue weighted by atomic mass is 35.5. The van der Waals surface area contributed by atoms with E-state index in [9.17, 15) is 22.8 Å². The lowest BCUT2D eigenvalue weighted by Crippen LogP contribution is -2.63. The molecule has 0 N–H and O–H groups in total. The highest BCUT2D eigenvalue weighted by Gasteiger charge is 2.45. The van der Waals surface area contributed by atoms with Crippen molar-refractivity contribution in [3.05, 3.63) is 83.9 Å². The Labute approximate surface area is 306 Å². The summed E-state index contributed by atoms with van der Waals surface area (Å²) in [6.45, 7) is 2.71. The van der Waals surface area contributed by atoms with E-state index in [1.165, 1.54) is 27.7 Å². The molecule has 52 heavy (non-hydrogen) atoms. The summed E-state index contributed by atoms with van der Waals surface area (Å²) in [5.74, 6) is -0.586. The molecule has 0 spiro atoms. The van der Waals surface area contributed by atoms with E-state index < -0.39 is 28.0 Å². The second kappa shape index (κ2) is 15.6. The van der Waals surface area contributed by atoms with Gasteiger partial charge in [0.15, 0.2) is 5.82 Å². The summed E-state index contributed by atoms with van der Waals surface area (Å²) < 4.78 is 41.0. The molecule has 2 atom stereocenters. The minimum absolute atomic E-state index is 0.0544. The van der Waals surface area contributed by atoms with Crippen molar-refractivity contribution in [1.29, 1.82) is 0 Å². The Hall–Kier alpha value is -4.54. The molecule has 3 aliphatic heterocycles. The number of benzene rings is 2. The number of carbonyl (C=O) groups excluding carboxylic acids is 3. The van der Waals surface area contributed by atoms with E-state index in [2.05, 4.69) is 15.0 Å². The number of aromatic nitrogens is 3. The van der Waals surface area contributed by atoms with Gasteiger partial charge in [-0.25, -0.2) is 18.4 Å². The average molecular weight is 748 g/mol. The number of pyridine rings is 1. The van der Waals surface area contributed by atoms with E-state index in [4.69, 9.17) is 21.1 Å². The lowest BCUT2D eigenvalue weighted by atomic mass is 9.99. The maximum Gasteiger partial charge on any atom is 0.257 e. The van der Waals surface area contributed by atoms with Crippen LogP contribution in [-0.2, 0) is 29.1 Å². The Bertz CT molecular complexity index is 2000. The minimum Gasteiger partial charge on any atom is -0.378 e. The number of hydrogen-bond acceptors (Lipinski definition) is 10. The highest BCUT2D eigenvalue weighted by Crippen LogP contribution is 2.31. The maximum absolute atomic E-state index is 14.6. The van der Waals surface area contributed by atoms with Gasteiger partial charge in [0.2, 0.25) is 21.8 Å². The molecule has 0 bridgehead atoms. The van der Waals surface area contributed by atoms with Gasteiger partial charge >= 0.3 is 0 Å². The first kappa shape index (κ1) is 35.8. The summed E-state index contributed by atoms with van der Waals surface area (Å²) in [5, 5.41) is 2.00. The maximum atomic E-state index is 14.6. The summed E-state index contributed by atoms with van der Waals surface area (Å²) in [7, 11) is -4.16. The molecule has 2 aromatic carbocycles. The van der Waals surface area contributed by atoms with Crippen molar-refractivity contribution < 1.29 is 32.3 Å². The number of ether oxygens (including phenoxy) is 2. The molecule has 5 heterocycles. The fraction of sp³-hybridized carbons (Fsp3) is 0.389. The van der Waals surface area contributed by atoms with Crippen molar-refractivity contribution in [3.63, 3.8) is 0 Å². The van der Waals surface area contributed by atoms with Crippen LogP contribution in [0, 0.1) is 0 Å². The number of hydrogen-bond donors (Lipinski definition) is 0. The number of piperazine rings is 1. The fourth-order valence-corrected chi connectivity index (χ4v) is 8.63. The number of halogens is 1. The van der Waals surface area contributed by atoms with Gasteiger partial charge in [-0.05, 0) is 47.2 Å². The first-order valence-electron chi connectivity index (χ1n) is 17.1. The van der Waals surface area contributed by atoms with Crippen LogP contribution in [0.5, 0.6) is 0 Å². The summed E-state index contributed by atoms with van der Waals surface area (Å²) in [5.41, 5.74) is 0.863. The van der Waals surface area contributed by atoms with Crippen molar-refractivity contribution in [2.24, 2.45) is 0 Å². The van der Waals surface area contributed by atoms with Crippen LogP contribution >= 0.6 is 11.6 Å². The molecule has 0 radical (unpaired) electrons. The molecule has 0 saturated carbocycles. The number of sulfonamides is 1. The Morgan fingerprint density at radius 1 is 0.750 bits per heavy atom. The molecule has 2 aromatic heterocycles. The van der Waals surface area contributed by atoms with Crippen LogP contribution in [-0.4, -0.2) is 138 Å². The van der Waals surface area contributed by atoms with E-state index in [0.29, 0.717) is 74.4 Å². The second-order valence-corrected chi connectivity index (χ2v) is 15.3. The summed E-state index contributed by atoms with van der Waals surface area (Å²) in [6.07, 6.45) is 5.74. The van der Waals surface area contributed by atoms with Gasteiger partial charge in [-0.2, -0.15) is 4.31 Å². The van der Waals surface area contributed by atoms with Crippen LogP contribution in [0.3, 0.4) is 0 Å². The number of amides is 3. The molecular weight excluding hydrogens is 710 g/mol. The molecule has 0 aliphatic carbocycles. The number of nitrogens with zero attached hydrogens (tertiary/aromatic N) is 7. The van der Waals surface area contributed by atoms with Gasteiger partial charge in [-0.3, -0.25) is 19.4 Å². The van der Waals surface area contributed by atoms with Gasteiger partial charge in [0.1, 0.15) is 0 Å². The molecular formula is C36H38ClN7O7S. The first-order chi connectivity index (χ1) is 25.2. The van der Waals surface area contributed by atoms with E-state index in [0.717, 1.165) is 5.39 Å². The monoisotopic (exact) mass is 747 g/mol. The molecule has 2 unspecified atom stereocenters. The van der Waals surface area contributed by atoms with Crippen LogP contribution in [0.2, 0.25) is 5.02 Å². The van der Waals surface area contributed by atoms with Gasteiger partial charge in [0.05, 0.1) is 49.0 Å². The summed E-state index contributed by atoms with van der Waals surface area (Å²) in [4.78, 5) is 59.9. The molecule has 4 aromatic rings. The number of rotatable bonds is 8. The number of morpholine rings is 2. The zero-order valence-corrected chi connectivity index (χ0v) is 29.9. The van der Waals surface area contributed by atoms with Crippen molar-refractivity contribution in [3.8, 4) is 11.4 Å². The van der Waals surface area contributed by atoms with E-state index >= 15 is 0 Å². The molecule has 272 valence electrons. The van der Waals surface area contributed by atoms with E-state index in [1.54, 1.807) is 64.7 Å². The smallest absolute Gasteiger partial charge is 0.257 e. The fourth-order valence-electron chi connectivity index (χ4n) is 6.90. The number of carbonyl (C=O) groups is 3. The number of fused-ring (bicyclic) bond motifs is 1. The predicted octanol–water partition coefficient (Wildman–Crippen LogP) is 2.73. The van der Waals surface area contributed by atoms with Crippen LogP contribution in [0.1, 0.15) is 23.2 Å². The third-order valence-corrected chi connectivity index (χ3v) is 11.7. The van der Waals surface area contributed by atoms with Crippen molar-refractivity contribution >= 4 is 50.1 Å². The normalized spacial score (nSPS) is 20.2. The van der Waals surface area contributed by atoms with Crippen LogP contribution in [0.25, 0.3) is 22.2 Å². The Kier molecular flexibility index (Phi) is 10.8. The van der Waals surface area contributed by atoms with Crippen molar-refractivity contribution in [2.45, 2.75) is 29.8 Å². The zero-order chi connectivity index (χ0) is 36.2. The molecule has 7 rings (SSSR count). The second-order valence-electron chi connectivity index (χ2n) is 12.9. The summed E-state index contributed by atoms with van der Waals surface area (Å²) in [6, 6.07) is 11.7. The standard InChI is InChI=1S/C36H38ClN7O7S/c37-29-3-1-27-18-32(4-2-26(27)17-29)52(48,49)43-23-30(19-33(45)41-9-13-50-14-10-41)44(31(24-43)20-34(46)42-11-15-51-16-12-42)36(47)28-21-39-35(40-22-28)25-5-7-38-8-6-25/h1-8,17-18,21-22,30-31H,9-16,19-20,23-24H2. The van der Waals surface area contributed by atoms with Crippen molar-refractivity contribution in [1.82, 2.24) is 34.0 Å². The molecule has 14 nitrogen and oxygen atoms in total. The molecule has 3 fully saturated rings. The minimum atomic E-state index is -4.16. The summed E-state index contributed by atoms with van der Waals surface area (Å²) >= 11 is 6.17. The lowest BCUT2D eigenvalue weighted by molar-refractivity contribution is -0.138. The lowest BCUT2D eigenvalue weighted by Gasteiger charge is -2.46. The SMILES string of the molecule is O=C(CC1CN(S(=O)(=O)c2ccc3cc(Cl)ccc3c2)CC(CC(=O)N2CCOCC2)N1C(=O)c1cnc(-c2ccncc2)nc1)N1CCOCC1. The predicted molar refractivity (Wildman–Crippen MR) is 191 cm³/mol. The topological polar surface area (TPSA) is 155 Å². The van der Waals surface area contributed by atoms with Gasteiger partial charge in [-0.1, -0.05) is 23.7 Å². The molecule has 3 amide bonds. The zero-order valence-electron chi connectivity index (χ0n) is 28.3. The van der Waals surface area contributed by atoms with Gasteiger partial charge in [0.25, 0.3) is 5.91 Å². The average Bonchev–Trinajstić information content (AvgIpc) is 3.18. The largest absolute Gasteiger partial charge is 0.378 e. The van der Waals surface area contributed by atoms with Crippen LogP contribution in [0.4, 0.5) is 0 Å². The van der Waals surface area contributed by atoms with Gasteiger partial charge in [0, 0.05) is 87.5 Å². The first-order valence-corrected chi connectivity index (χ1v) is 18.9. The molecule has 3 aliphatic rings. The Morgan fingerprint density at radius 2 is 1.29 bits per heavy atom. The Balaban J connectivity index is 1.25. The molecule has 3 saturated heterocycles. The third kappa shape index (κ3) is 7.78. The highest BCUT2D eigenvalue weighted by molar-refractivity contribution is 7.89. The van der Waals surface area contributed by atoms with Crippen LogP contribution < -0.4 is 0 Å². The van der Waals surface area contributed by atoms with E-state index in [1.807, 2.05) is 0 Å². The Morgan fingerprint density at radius 3 is 1.87 bits per heavy atom.